The van der Waals surface area contributed by atoms with Gasteiger partial charge in [0.25, 0.3) is 0 Å². The molecular formula is C21H24ClN3O. The third-order valence-corrected chi connectivity index (χ3v) is 5.29. The molecule has 0 fully saturated rings. The minimum absolute atomic E-state index is 0.0581. The molecule has 0 N–H and O–H groups in total. The normalized spacial score (nSPS) is 23.0. The zero-order chi connectivity index (χ0) is 18.4. The van der Waals surface area contributed by atoms with Gasteiger partial charge in [0.05, 0.1) is 5.52 Å². The van der Waals surface area contributed by atoms with Crippen molar-refractivity contribution in [3.05, 3.63) is 58.4 Å². The van der Waals surface area contributed by atoms with E-state index in [1.807, 2.05) is 16.6 Å². The van der Waals surface area contributed by atoms with Gasteiger partial charge in [-0.2, -0.15) is 5.10 Å². The maximum absolute atomic E-state index is 6.11. The van der Waals surface area contributed by atoms with E-state index in [2.05, 4.69) is 57.1 Å². The van der Waals surface area contributed by atoms with Crippen molar-refractivity contribution in [3.63, 3.8) is 0 Å². The van der Waals surface area contributed by atoms with Crippen molar-refractivity contribution in [3.8, 4) is 0 Å². The number of aliphatic imine (C=N–C) groups is 1. The molecular weight excluding hydrogens is 346 g/mol. The molecule has 1 aliphatic heterocycles. The molecule has 0 aromatic carbocycles. The van der Waals surface area contributed by atoms with Gasteiger partial charge >= 0.3 is 0 Å². The maximum atomic E-state index is 6.11. The van der Waals surface area contributed by atoms with Crippen LogP contribution in [0.5, 0.6) is 0 Å². The van der Waals surface area contributed by atoms with E-state index in [0.717, 1.165) is 17.8 Å². The second-order valence-corrected chi connectivity index (χ2v) is 7.99. The molecule has 3 heterocycles. The highest BCUT2D eigenvalue weighted by molar-refractivity contribution is 6.29. The van der Waals surface area contributed by atoms with Crippen LogP contribution in [0.25, 0.3) is 5.52 Å². The molecule has 136 valence electrons. The topological polar surface area (TPSA) is 38.9 Å². The fourth-order valence-electron chi connectivity index (χ4n) is 3.88. The van der Waals surface area contributed by atoms with Crippen molar-refractivity contribution in [2.75, 3.05) is 0 Å². The summed E-state index contributed by atoms with van der Waals surface area (Å²) in [5, 5.41) is 5.01. The molecule has 1 aliphatic carbocycles. The molecule has 4 nitrogen and oxygen atoms in total. The van der Waals surface area contributed by atoms with Crippen LogP contribution >= 0.6 is 11.6 Å². The summed E-state index contributed by atoms with van der Waals surface area (Å²) in [4.78, 5) is 4.74. The summed E-state index contributed by atoms with van der Waals surface area (Å²) in [7, 11) is 0. The van der Waals surface area contributed by atoms with Crippen molar-refractivity contribution in [2.45, 2.75) is 52.2 Å². The van der Waals surface area contributed by atoms with Crippen molar-refractivity contribution >= 4 is 23.0 Å². The SMILES string of the molecule is Cc1cc2ccc(Cl)nn2c1C(C)CC1=CC2N=C(C(C)C)OC2C=C1. The molecule has 0 radical (unpaired) electrons. The Morgan fingerprint density at radius 3 is 2.85 bits per heavy atom. The zero-order valence-corrected chi connectivity index (χ0v) is 16.4. The first-order valence-electron chi connectivity index (χ1n) is 9.20. The second-order valence-electron chi connectivity index (χ2n) is 7.61. The van der Waals surface area contributed by atoms with E-state index in [4.69, 9.17) is 21.3 Å². The molecule has 3 atom stereocenters. The van der Waals surface area contributed by atoms with Crippen LogP contribution in [0.1, 0.15) is 44.4 Å². The maximum Gasteiger partial charge on any atom is 0.187 e. The highest BCUT2D eigenvalue weighted by Gasteiger charge is 2.31. The summed E-state index contributed by atoms with van der Waals surface area (Å²) in [5.74, 6) is 1.52. The number of rotatable bonds is 4. The van der Waals surface area contributed by atoms with Crippen LogP contribution in [0, 0.1) is 12.8 Å². The number of ether oxygens (including phenoxy) is 1. The lowest BCUT2D eigenvalue weighted by Crippen LogP contribution is -2.22. The standard InChI is InChI=1S/C21H24ClN3O/c1-12(2)21-23-17-11-15(5-7-18(17)26-21)9-13(3)20-14(4)10-16-6-8-19(22)24-25(16)20/h5-8,10-13,17-18H,9H2,1-4H3. The van der Waals surface area contributed by atoms with Gasteiger partial charge in [0.2, 0.25) is 0 Å². The quantitative estimate of drug-likeness (QED) is 0.751. The van der Waals surface area contributed by atoms with Crippen molar-refractivity contribution < 1.29 is 4.74 Å². The molecule has 26 heavy (non-hydrogen) atoms. The first-order valence-corrected chi connectivity index (χ1v) is 9.58. The molecule has 3 unspecified atom stereocenters. The predicted octanol–water partition coefficient (Wildman–Crippen LogP) is 5.11. The van der Waals surface area contributed by atoms with Crippen LogP contribution in [0.15, 0.2) is 47.0 Å². The fraction of sp³-hybridized carbons (Fsp3) is 0.429. The number of nitrogens with zero attached hydrogens (tertiary/aromatic N) is 3. The van der Waals surface area contributed by atoms with E-state index < -0.39 is 0 Å². The average molecular weight is 370 g/mol. The molecule has 2 aromatic rings. The van der Waals surface area contributed by atoms with Crippen LogP contribution in [0.2, 0.25) is 5.15 Å². The van der Waals surface area contributed by atoms with Gasteiger partial charge in [-0.1, -0.05) is 44.5 Å². The van der Waals surface area contributed by atoms with Gasteiger partial charge < -0.3 is 4.74 Å². The van der Waals surface area contributed by atoms with Gasteiger partial charge in [0.1, 0.15) is 17.3 Å². The van der Waals surface area contributed by atoms with E-state index in [-0.39, 0.29) is 12.1 Å². The van der Waals surface area contributed by atoms with Crippen LogP contribution < -0.4 is 0 Å². The number of halogens is 1. The lowest BCUT2D eigenvalue weighted by atomic mass is 9.91. The first kappa shape index (κ1) is 17.3. The van der Waals surface area contributed by atoms with Gasteiger partial charge in [-0.25, -0.2) is 9.51 Å². The molecule has 0 saturated carbocycles. The lowest BCUT2D eigenvalue weighted by molar-refractivity contribution is 0.241. The fourth-order valence-corrected chi connectivity index (χ4v) is 4.02. The molecule has 4 rings (SSSR count). The van der Waals surface area contributed by atoms with Gasteiger partial charge in [-0.05, 0) is 48.8 Å². The van der Waals surface area contributed by atoms with Gasteiger partial charge in [0, 0.05) is 17.5 Å². The van der Waals surface area contributed by atoms with Crippen molar-refractivity contribution in [2.24, 2.45) is 10.9 Å². The second kappa shape index (κ2) is 6.58. The van der Waals surface area contributed by atoms with E-state index >= 15 is 0 Å². The average Bonchev–Trinajstić information content (AvgIpc) is 3.14. The summed E-state index contributed by atoms with van der Waals surface area (Å²) in [5.41, 5.74) is 4.84. The molecule has 2 aliphatic rings. The Morgan fingerprint density at radius 2 is 2.08 bits per heavy atom. The smallest absolute Gasteiger partial charge is 0.187 e. The zero-order valence-electron chi connectivity index (χ0n) is 15.6. The van der Waals surface area contributed by atoms with E-state index in [1.165, 1.54) is 16.8 Å². The summed E-state index contributed by atoms with van der Waals surface area (Å²) < 4.78 is 7.91. The monoisotopic (exact) mass is 369 g/mol. The molecule has 0 spiro atoms. The Labute approximate surface area is 159 Å². The number of aryl methyl sites for hydroxylation is 1. The minimum Gasteiger partial charge on any atom is -0.471 e. The Morgan fingerprint density at radius 1 is 1.27 bits per heavy atom. The van der Waals surface area contributed by atoms with Crippen molar-refractivity contribution in [1.29, 1.82) is 0 Å². The number of hydrogen-bond acceptors (Lipinski definition) is 3. The minimum atomic E-state index is 0.0581. The van der Waals surface area contributed by atoms with Gasteiger partial charge in [-0.15, -0.1) is 0 Å². The van der Waals surface area contributed by atoms with Crippen LogP contribution in [-0.4, -0.2) is 27.7 Å². The third-order valence-electron chi connectivity index (χ3n) is 5.09. The molecule has 0 bridgehead atoms. The first-order chi connectivity index (χ1) is 12.4. The highest BCUT2D eigenvalue weighted by Crippen LogP contribution is 2.32. The Kier molecular flexibility index (Phi) is 4.39. The number of hydrogen-bond donors (Lipinski definition) is 0. The number of allylic oxidation sites excluding steroid dienone is 2. The van der Waals surface area contributed by atoms with Gasteiger partial charge in [0.15, 0.2) is 5.90 Å². The lowest BCUT2D eigenvalue weighted by Gasteiger charge is -2.20. The highest BCUT2D eigenvalue weighted by atomic mass is 35.5. The van der Waals surface area contributed by atoms with E-state index in [0.29, 0.717) is 17.0 Å². The summed E-state index contributed by atoms with van der Waals surface area (Å²) in [6.07, 6.45) is 7.57. The van der Waals surface area contributed by atoms with E-state index in [9.17, 15) is 0 Å². The molecule has 2 aromatic heterocycles. The summed E-state index contributed by atoms with van der Waals surface area (Å²) in [6.45, 7) is 8.61. The molecule has 0 saturated heterocycles. The number of fused-ring (bicyclic) bond motifs is 2. The van der Waals surface area contributed by atoms with Crippen LogP contribution in [-0.2, 0) is 4.74 Å². The van der Waals surface area contributed by atoms with Crippen molar-refractivity contribution in [1.82, 2.24) is 9.61 Å². The molecule has 0 amide bonds. The Balaban J connectivity index is 1.59. The van der Waals surface area contributed by atoms with Crippen LogP contribution in [0.4, 0.5) is 0 Å². The summed E-state index contributed by atoms with van der Waals surface area (Å²) in [6, 6.07) is 6.13. The van der Waals surface area contributed by atoms with Gasteiger partial charge in [-0.3, -0.25) is 0 Å². The van der Waals surface area contributed by atoms with E-state index in [1.54, 1.807) is 0 Å². The van der Waals surface area contributed by atoms with Crippen LogP contribution in [0.3, 0.4) is 0 Å². The summed E-state index contributed by atoms with van der Waals surface area (Å²) >= 11 is 6.11. The molecule has 5 heteroatoms. The largest absolute Gasteiger partial charge is 0.471 e. The Hall–Kier alpha value is -2.07. The number of aromatic nitrogens is 2. The third kappa shape index (κ3) is 3.07. The Bertz CT molecular complexity index is 938. The predicted molar refractivity (Wildman–Crippen MR) is 106 cm³/mol.